The fraction of sp³-hybridized carbons (Fsp3) is 0. The Balaban J connectivity index is 0.838. The second-order valence-electron chi connectivity index (χ2n) is 20.6. The number of furan rings is 1. The molecule has 0 saturated heterocycles. The summed E-state index contributed by atoms with van der Waals surface area (Å²) in [5, 5.41) is 9.46. The van der Waals surface area contributed by atoms with Crippen LogP contribution in [0.15, 0.2) is 296 Å². The highest BCUT2D eigenvalue weighted by Gasteiger charge is 2.23. The van der Waals surface area contributed by atoms with E-state index in [1.54, 1.807) is 0 Å². The van der Waals surface area contributed by atoms with E-state index in [1.807, 2.05) is 0 Å². The van der Waals surface area contributed by atoms with Crippen LogP contribution in [0.2, 0.25) is 0 Å². The van der Waals surface area contributed by atoms with Crippen LogP contribution < -0.4 is 9.80 Å². The monoisotopic (exact) mass is 1020 g/mol. The Morgan fingerprint density at radius 3 is 1.23 bits per heavy atom. The molecule has 4 heterocycles. The van der Waals surface area contributed by atoms with Gasteiger partial charge in [0.1, 0.15) is 11.3 Å². The third-order valence-corrected chi connectivity index (χ3v) is 16.0. The van der Waals surface area contributed by atoms with E-state index in [2.05, 4.69) is 315 Å². The zero-order chi connectivity index (χ0) is 52.7. The molecule has 0 aliphatic rings. The molecule has 0 saturated carbocycles. The second-order valence-corrected chi connectivity index (χ2v) is 20.6. The van der Waals surface area contributed by atoms with Gasteiger partial charge in [0.05, 0.1) is 22.1 Å². The van der Waals surface area contributed by atoms with Crippen molar-refractivity contribution in [2.45, 2.75) is 0 Å². The van der Waals surface area contributed by atoms with Gasteiger partial charge in [-0.1, -0.05) is 146 Å². The van der Waals surface area contributed by atoms with E-state index < -0.39 is 0 Å². The quantitative estimate of drug-likeness (QED) is 0.148. The molecule has 0 aliphatic heterocycles. The average Bonchev–Trinajstić information content (AvgIpc) is 4.47. The van der Waals surface area contributed by atoms with Gasteiger partial charge in [-0.3, -0.25) is 0 Å². The molecule has 16 rings (SSSR count). The van der Waals surface area contributed by atoms with Crippen molar-refractivity contribution in [2.75, 3.05) is 9.80 Å². The number of hydrogen-bond acceptors (Lipinski definition) is 3. The molecule has 6 heteroatoms. The van der Waals surface area contributed by atoms with Crippen LogP contribution in [-0.4, -0.2) is 14.1 Å². The SMILES string of the molecule is c1ccc(N(c2ccccc2)c2ccc3[nH]c(-c4ccc5c6c7ccc8c(c7ccc6n(-c6ccccc6)c5c4)c4ccc(-c5cc6cc(N(c7ccccc7)c7ccccc7)ccc6o5)cc4n8-c4ccccc4)cc3c2)cc1. The van der Waals surface area contributed by atoms with Crippen LogP contribution in [0.5, 0.6) is 0 Å². The third-order valence-electron chi connectivity index (χ3n) is 16.0. The van der Waals surface area contributed by atoms with Crippen LogP contribution in [0.25, 0.3) is 110 Å². The molecule has 0 bridgehead atoms. The minimum atomic E-state index is 0.824. The van der Waals surface area contributed by atoms with Gasteiger partial charge < -0.3 is 28.3 Å². The summed E-state index contributed by atoms with van der Waals surface area (Å²) in [7, 11) is 0. The second kappa shape index (κ2) is 18.4. The lowest BCUT2D eigenvalue weighted by Crippen LogP contribution is -2.09. The standard InChI is InChI=1S/C74H49N5O/c1-7-19-53(20-8-1)76(54-21-9-2-10-22-54)59-33-39-65-51(43-59)45-66(75-65)49-31-35-63-69(46-49)78(57-27-15-5-16-28-57)67-40-37-62-61(73(63)67)38-41-68-74(62)64-36-32-50(47-70(64)79(68)58-29-17-6-18-30-58)72-48-52-44-60(34-42-71(52)80-72)77(55-23-11-3-12-24-55)56-25-13-4-14-26-56/h1-48,75H. The zero-order valence-corrected chi connectivity index (χ0v) is 43.4. The molecule has 0 amide bonds. The topological polar surface area (TPSA) is 45.3 Å². The van der Waals surface area contributed by atoms with Crippen LogP contribution >= 0.6 is 0 Å². The van der Waals surface area contributed by atoms with Crippen molar-refractivity contribution in [1.29, 1.82) is 0 Å². The van der Waals surface area contributed by atoms with E-state index in [1.165, 1.54) is 32.3 Å². The molecule has 16 aromatic rings. The molecule has 4 aromatic heterocycles. The summed E-state index contributed by atoms with van der Waals surface area (Å²) in [4.78, 5) is 8.40. The van der Waals surface area contributed by atoms with Crippen LogP contribution in [0.4, 0.5) is 34.1 Å². The number of nitrogens with one attached hydrogen (secondary N) is 1. The van der Waals surface area contributed by atoms with Crippen LogP contribution in [-0.2, 0) is 0 Å². The van der Waals surface area contributed by atoms with Crippen molar-refractivity contribution >= 4 is 110 Å². The predicted octanol–water partition coefficient (Wildman–Crippen LogP) is 20.5. The van der Waals surface area contributed by atoms with Crippen molar-refractivity contribution in [3.05, 3.63) is 291 Å². The summed E-state index contributed by atoms with van der Waals surface area (Å²) < 4.78 is 11.6. The summed E-state index contributed by atoms with van der Waals surface area (Å²) in [6, 6.07) is 105. The van der Waals surface area contributed by atoms with Crippen molar-refractivity contribution in [2.24, 2.45) is 0 Å². The summed E-state index contributed by atoms with van der Waals surface area (Å²) >= 11 is 0. The van der Waals surface area contributed by atoms with Gasteiger partial charge in [0.15, 0.2) is 0 Å². The summed E-state index contributed by atoms with van der Waals surface area (Å²) in [6.07, 6.45) is 0. The smallest absolute Gasteiger partial charge is 0.135 e. The van der Waals surface area contributed by atoms with Crippen LogP contribution in [0.3, 0.4) is 0 Å². The molecule has 6 nitrogen and oxygen atoms in total. The molecule has 0 aliphatic carbocycles. The number of aromatic amines is 1. The molecule has 0 radical (unpaired) electrons. The van der Waals surface area contributed by atoms with Gasteiger partial charge in [0, 0.05) is 100 Å². The average molecular weight is 1020 g/mol. The minimum Gasteiger partial charge on any atom is -0.456 e. The van der Waals surface area contributed by atoms with Gasteiger partial charge in [-0.05, 0) is 156 Å². The summed E-state index contributed by atoms with van der Waals surface area (Å²) in [5.74, 6) is 0.824. The van der Waals surface area contributed by atoms with Gasteiger partial charge in [0.2, 0.25) is 0 Å². The predicted molar refractivity (Wildman–Crippen MR) is 334 cm³/mol. The Morgan fingerprint density at radius 1 is 0.300 bits per heavy atom. The highest BCUT2D eigenvalue weighted by atomic mass is 16.3. The minimum absolute atomic E-state index is 0.824. The van der Waals surface area contributed by atoms with Gasteiger partial charge in [-0.25, -0.2) is 0 Å². The Labute approximate surface area is 461 Å². The molecule has 376 valence electrons. The molecule has 1 N–H and O–H groups in total. The van der Waals surface area contributed by atoms with E-state index in [4.69, 9.17) is 4.42 Å². The Kier molecular flexibility index (Phi) is 10.5. The fourth-order valence-electron chi connectivity index (χ4n) is 12.4. The Hall–Kier alpha value is -10.8. The lowest BCUT2D eigenvalue weighted by Gasteiger charge is -2.25. The molecule has 80 heavy (non-hydrogen) atoms. The van der Waals surface area contributed by atoms with E-state index in [-0.39, 0.29) is 0 Å². The maximum absolute atomic E-state index is 6.73. The Morgan fingerprint density at radius 2 is 0.725 bits per heavy atom. The molecule has 0 atom stereocenters. The lowest BCUT2D eigenvalue weighted by molar-refractivity contribution is 0.631. The highest BCUT2D eigenvalue weighted by molar-refractivity contribution is 6.30. The van der Waals surface area contributed by atoms with Gasteiger partial charge >= 0.3 is 0 Å². The zero-order valence-electron chi connectivity index (χ0n) is 43.4. The number of benzene rings is 12. The van der Waals surface area contributed by atoms with E-state index in [0.29, 0.717) is 0 Å². The largest absolute Gasteiger partial charge is 0.456 e. The van der Waals surface area contributed by atoms with Crippen molar-refractivity contribution in [3.63, 3.8) is 0 Å². The molecular formula is C74H49N5O. The number of anilines is 6. The lowest BCUT2D eigenvalue weighted by atomic mass is 9.98. The molecule has 12 aromatic carbocycles. The van der Waals surface area contributed by atoms with Crippen molar-refractivity contribution in [3.8, 4) is 34.0 Å². The van der Waals surface area contributed by atoms with Gasteiger partial charge in [0.25, 0.3) is 0 Å². The Bertz CT molecular complexity index is 4590. The number of nitrogens with zero attached hydrogens (tertiary/aromatic N) is 4. The van der Waals surface area contributed by atoms with Crippen LogP contribution in [0.1, 0.15) is 0 Å². The summed E-state index contributed by atoms with van der Waals surface area (Å²) in [5.41, 5.74) is 18.5. The number of para-hydroxylation sites is 6. The first-order chi connectivity index (χ1) is 39.7. The van der Waals surface area contributed by atoms with Crippen LogP contribution in [0, 0.1) is 0 Å². The highest BCUT2D eigenvalue weighted by Crippen LogP contribution is 2.46. The van der Waals surface area contributed by atoms with Crippen molar-refractivity contribution < 1.29 is 4.42 Å². The van der Waals surface area contributed by atoms with E-state index in [9.17, 15) is 0 Å². The number of rotatable bonds is 10. The number of fused-ring (bicyclic) bond motifs is 11. The van der Waals surface area contributed by atoms with E-state index >= 15 is 0 Å². The third kappa shape index (κ3) is 7.42. The van der Waals surface area contributed by atoms with Gasteiger partial charge in [-0.15, -0.1) is 0 Å². The summed E-state index contributed by atoms with van der Waals surface area (Å²) in [6.45, 7) is 0. The maximum atomic E-state index is 6.73. The number of hydrogen-bond donors (Lipinski definition) is 1. The molecule has 0 fully saturated rings. The van der Waals surface area contributed by atoms with E-state index in [0.717, 1.165) is 112 Å². The number of aromatic nitrogens is 3. The first-order valence-corrected chi connectivity index (χ1v) is 27.2. The molecular weight excluding hydrogens is 975 g/mol. The fourth-order valence-corrected chi connectivity index (χ4v) is 12.4. The van der Waals surface area contributed by atoms with Crippen molar-refractivity contribution in [1.82, 2.24) is 14.1 Å². The molecule has 0 spiro atoms. The first kappa shape index (κ1) is 45.4. The molecule has 0 unspecified atom stereocenters. The van der Waals surface area contributed by atoms with Gasteiger partial charge in [-0.2, -0.15) is 0 Å². The maximum Gasteiger partial charge on any atom is 0.135 e. The number of H-pyrrole nitrogens is 1. The first-order valence-electron chi connectivity index (χ1n) is 27.2. The normalized spacial score (nSPS) is 11.8.